The van der Waals surface area contributed by atoms with E-state index in [1.165, 1.54) is 0 Å². The second-order valence-corrected chi connectivity index (χ2v) is 6.01. The molecular formula is C23H24N2O5. The van der Waals surface area contributed by atoms with Gasteiger partial charge in [-0.2, -0.15) is 0 Å². The summed E-state index contributed by atoms with van der Waals surface area (Å²) in [5.74, 6) is -0.371. The molecule has 0 unspecified atom stereocenters. The molecule has 2 aromatic rings. The second kappa shape index (κ2) is 10.6. The van der Waals surface area contributed by atoms with E-state index < -0.39 is 11.9 Å². The Bertz CT molecular complexity index is 844. The van der Waals surface area contributed by atoms with Crippen molar-refractivity contribution < 1.29 is 23.9 Å². The van der Waals surface area contributed by atoms with Gasteiger partial charge in [-0.05, 0) is 62.4 Å². The number of rotatable bonds is 8. The van der Waals surface area contributed by atoms with Gasteiger partial charge >= 0.3 is 18.0 Å². The van der Waals surface area contributed by atoms with Gasteiger partial charge in [0.15, 0.2) is 0 Å². The Hall–Kier alpha value is -3.87. The smallest absolute Gasteiger partial charge is 0.335 e. The summed E-state index contributed by atoms with van der Waals surface area (Å²) in [5.41, 5.74) is 1.33. The van der Waals surface area contributed by atoms with Gasteiger partial charge in [0.2, 0.25) is 0 Å². The molecule has 7 nitrogen and oxygen atoms in total. The molecule has 0 saturated carbocycles. The van der Waals surface area contributed by atoms with Crippen molar-refractivity contribution in [3.05, 3.63) is 73.8 Å². The van der Waals surface area contributed by atoms with Gasteiger partial charge in [0, 0.05) is 36.6 Å². The second-order valence-electron chi connectivity index (χ2n) is 6.01. The normalized spacial score (nSPS) is 9.93. The fourth-order valence-electron chi connectivity index (χ4n) is 2.71. The Kier molecular flexibility index (Phi) is 7.93. The summed E-state index contributed by atoms with van der Waals surface area (Å²) in [5, 5.41) is 0. The van der Waals surface area contributed by atoms with E-state index in [4.69, 9.17) is 9.47 Å². The van der Waals surface area contributed by atoms with Crippen LogP contribution >= 0.6 is 0 Å². The minimum atomic E-state index is -0.550. The summed E-state index contributed by atoms with van der Waals surface area (Å²) in [6, 6.07) is 13.1. The molecule has 30 heavy (non-hydrogen) atoms. The fourth-order valence-corrected chi connectivity index (χ4v) is 2.71. The topological polar surface area (TPSA) is 76.2 Å². The number of ether oxygens (including phenoxy) is 2. The zero-order valence-electron chi connectivity index (χ0n) is 17.0. The van der Waals surface area contributed by atoms with Crippen LogP contribution in [0.2, 0.25) is 0 Å². The zero-order chi connectivity index (χ0) is 22.1. The van der Waals surface area contributed by atoms with E-state index in [0.717, 1.165) is 12.2 Å². The Morgan fingerprint density at radius 3 is 1.33 bits per heavy atom. The molecule has 2 aromatic carbocycles. The summed E-state index contributed by atoms with van der Waals surface area (Å²) in [6.07, 6.45) is 2.16. The van der Waals surface area contributed by atoms with Crippen LogP contribution in [0.1, 0.15) is 13.8 Å². The van der Waals surface area contributed by atoms with Crippen LogP contribution in [-0.4, -0.2) is 31.1 Å². The molecular weight excluding hydrogens is 384 g/mol. The number of esters is 2. The summed E-state index contributed by atoms with van der Waals surface area (Å²) < 4.78 is 10.1. The summed E-state index contributed by atoms with van der Waals surface area (Å²) >= 11 is 0. The van der Waals surface area contributed by atoms with Crippen molar-refractivity contribution in [2.45, 2.75) is 13.8 Å². The molecule has 7 heteroatoms. The van der Waals surface area contributed by atoms with Crippen LogP contribution in [0.25, 0.3) is 0 Å². The molecule has 2 amide bonds. The fraction of sp³-hybridized carbons (Fsp3) is 0.174. The number of hydrogen-bond acceptors (Lipinski definition) is 5. The van der Waals surface area contributed by atoms with Crippen molar-refractivity contribution in [2.24, 2.45) is 0 Å². The minimum Gasteiger partial charge on any atom is -0.423 e. The highest BCUT2D eigenvalue weighted by Gasteiger charge is 2.22. The average molecular weight is 408 g/mol. The van der Waals surface area contributed by atoms with Crippen LogP contribution in [0.3, 0.4) is 0 Å². The molecule has 0 N–H and O–H groups in total. The van der Waals surface area contributed by atoms with Crippen molar-refractivity contribution >= 4 is 29.3 Å². The van der Waals surface area contributed by atoms with Crippen molar-refractivity contribution in [3.63, 3.8) is 0 Å². The van der Waals surface area contributed by atoms with Gasteiger partial charge in [-0.1, -0.05) is 13.2 Å². The Morgan fingerprint density at radius 1 is 0.733 bits per heavy atom. The quantitative estimate of drug-likeness (QED) is 0.369. The lowest BCUT2D eigenvalue weighted by Gasteiger charge is -2.29. The number of carbonyl (C=O) groups excluding carboxylic acids is 3. The lowest BCUT2D eigenvalue weighted by atomic mass is 10.2. The summed E-state index contributed by atoms with van der Waals surface area (Å²) in [4.78, 5) is 39.0. The standard InChI is InChI=1S/C23H24N2O5/c1-5-21(26)29-19-13-9-17(10-14-19)24(7-3)23(28)25(8-4)18-11-15-20(16-12-18)30-22(27)6-2/h5-6,9-16H,1-2,7-8H2,3-4H3. The molecule has 0 radical (unpaired) electrons. The molecule has 0 bridgehead atoms. The highest BCUT2D eigenvalue weighted by Crippen LogP contribution is 2.25. The van der Waals surface area contributed by atoms with Gasteiger partial charge in [0.25, 0.3) is 0 Å². The molecule has 0 aromatic heterocycles. The number of amides is 2. The van der Waals surface area contributed by atoms with E-state index in [1.807, 2.05) is 13.8 Å². The number of carbonyl (C=O) groups is 3. The van der Waals surface area contributed by atoms with Gasteiger partial charge < -0.3 is 9.47 Å². The van der Waals surface area contributed by atoms with E-state index in [-0.39, 0.29) is 6.03 Å². The lowest BCUT2D eigenvalue weighted by Crippen LogP contribution is -2.43. The van der Waals surface area contributed by atoms with E-state index >= 15 is 0 Å². The molecule has 0 heterocycles. The third-order valence-electron chi connectivity index (χ3n) is 4.16. The summed E-state index contributed by atoms with van der Waals surface area (Å²) in [7, 11) is 0. The lowest BCUT2D eigenvalue weighted by molar-refractivity contribution is -0.129. The Balaban J connectivity index is 2.19. The van der Waals surface area contributed by atoms with Gasteiger partial charge in [-0.25, -0.2) is 14.4 Å². The first-order valence-electron chi connectivity index (χ1n) is 9.41. The van der Waals surface area contributed by atoms with Crippen molar-refractivity contribution in [1.82, 2.24) is 0 Å². The average Bonchev–Trinajstić information content (AvgIpc) is 2.77. The SMILES string of the molecule is C=CC(=O)Oc1ccc(N(CC)C(=O)N(CC)c2ccc(OC(=O)C=C)cc2)cc1. The van der Waals surface area contributed by atoms with E-state index in [1.54, 1.807) is 58.3 Å². The predicted octanol–water partition coefficient (Wildman–Crippen LogP) is 4.34. The van der Waals surface area contributed by atoms with Crippen LogP contribution < -0.4 is 19.3 Å². The molecule has 0 aliphatic rings. The van der Waals surface area contributed by atoms with E-state index in [0.29, 0.717) is 36.0 Å². The molecule has 156 valence electrons. The van der Waals surface area contributed by atoms with Crippen LogP contribution in [0.4, 0.5) is 16.2 Å². The third-order valence-corrected chi connectivity index (χ3v) is 4.16. The maximum Gasteiger partial charge on any atom is 0.335 e. The number of nitrogens with zero attached hydrogens (tertiary/aromatic N) is 2. The molecule has 0 atom stereocenters. The van der Waals surface area contributed by atoms with Gasteiger partial charge in [-0.3, -0.25) is 9.80 Å². The first kappa shape index (κ1) is 22.4. The highest BCUT2D eigenvalue weighted by molar-refractivity contribution is 6.03. The van der Waals surface area contributed by atoms with E-state index in [9.17, 15) is 14.4 Å². The molecule has 0 aliphatic heterocycles. The Morgan fingerprint density at radius 2 is 1.07 bits per heavy atom. The summed E-state index contributed by atoms with van der Waals surface area (Å²) in [6.45, 7) is 11.3. The monoisotopic (exact) mass is 408 g/mol. The van der Waals surface area contributed by atoms with Crippen molar-refractivity contribution in [1.29, 1.82) is 0 Å². The third kappa shape index (κ3) is 5.57. The minimum absolute atomic E-state index is 0.216. The zero-order valence-corrected chi connectivity index (χ0v) is 17.0. The van der Waals surface area contributed by atoms with Crippen LogP contribution in [0, 0.1) is 0 Å². The van der Waals surface area contributed by atoms with Crippen LogP contribution in [0.5, 0.6) is 11.5 Å². The van der Waals surface area contributed by atoms with Gasteiger partial charge in [-0.15, -0.1) is 0 Å². The molecule has 0 saturated heterocycles. The van der Waals surface area contributed by atoms with E-state index in [2.05, 4.69) is 13.2 Å². The van der Waals surface area contributed by atoms with Crippen LogP contribution in [-0.2, 0) is 9.59 Å². The number of anilines is 2. The molecule has 2 rings (SSSR count). The largest absolute Gasteiger partial charge is 0.423 e. The maximum atomic E-state index is 13.2. The Labute approximate surface area is 175 Å². The predicted molar refractivity (Wildman–Crippen MR) is 116 cm³/mol. The number of benzene rings is 2. The van der Waals surface area contributed by atoms with Gasteiger partial charge in [0.05, 0.1) is 0 Å². The first-order valence-corrected chi connectivity index (χ1v) is 9.41. The number of hydrogen-bond donors (Lipinski definition) is 0. The van der Waals surface area contributed by atoms with Gasteiger partial charge in [0.1, 0.15) is 11.5 Å². The highest BCUT2D eigenvalue weighted by atomic mass is 16.5. The van der Waals surface area contributed by atoms with Crippen molar-refractivity contribution in [2.75, 3.05) is 22.9 Å². The van der Waals surface area contributed by atoms with Crippen LogP contribution in [0.15, 0.2) is 73.8 Å². The van der Waals surface area contributed by atoms with Crippen molar-refractivity contribution in [3.8, 4) is 11.5 Å². The first-order chi connectivity index (χ1) is 14.4. The molecule has 0 spiro atoms. The number of urea groups is 1. The molecule has 0 aliphatic carbocycles. The maximum absolute atomic E-state index is 13.2. The molecule has 0 fully saturated rings.